The SMILES string of the molecule is C[C@@H]1Cc2cccc(C(=O)NCc3ccccc3)c2O1. The van der Waals surface area contributed by atoms with Gasteiger partial charge in [0.15, 0.2) is 0 Å². The third-order valence-corrected chi connectivity index (χ3v) is 3.46. The predicted octanol–water partition coefficient (Wildman–Crippen LogP) is 2.94. The van der Waals surface area contributed by atoms with Crippen molar-refractivity contribution < 1.29 is 9.53 Å². The summed E-state index contributed by atoms with van der Waals surface area (Å²) in [5.41, 5.74) is 2.83. The van der Waals surface area contributed by atoms with Gasteiger partial charge in [-0.05, 0) is 24.1 Å². The molecule has 0 spiro atoms. The van der Waals surface area contributed by atoms with Gasteiger partial charge in [0.1, 0.15) is 11.9 Å². The average Bonchev–Trinajstić information content (AvgIpc) is 2.85. The van der Waals surface area contributed by atoms with E-state index >= 15 is 0 Å². The van der Waals surface area contributed by atoms with Gasteiger partial charge in [-0.25, -0.2) is 0 Å². The molecule has 1 N–H and O–H groups in total. The van der Waals surface area contributed by atoms with Gasteiger partial charge in [-0.3, -0.25) is 4.79 Å². The van der Waals surface area contributed by atoms with E-state index in [1.165, 1.54) is 0 Å². The molecule has 1 atom stereocenters. The van der Waals surface area contributed by atoms with Gasteiger partial charge in [0, 0.05) is 13.0 Å². The van der Waals surface area contributed by atoms with Crippen molar-refractivity contribution in [3.63, 3.8) is 0 Å². The Labute approximate surface area is 118 Å². The smallest absolute Gasteiger partial charge is 0.255 e. The number of ether oxygens (including phenoxy) is 1. The second kappa shape index (κ2) is 5.37. The molecule has 1 aliphatic rings. The molecule has 102 valence electrons. The average molecular weight is 267 g/mol. The van der Waals surface area contributed by atoms with Crippen molar-refractivity contribution in [3.05, 3.63) is 65.2 Å². The number of carbonyl (C=O) groups excluding carboxylic acids is 1. The Hall–Kier alpha value is -2.29. The Bertz CT molecular complexity index is 622. The van der Waals surface area contributed by atoms with Crippen LogP contribution in [0.5, 0.6) is 5.75 Å². The van der Waals surface area contributed by atoms with E-state index in [-0.39, 0.29) is 12.0 Å². The van der Waals surface area contributed by atoms with Crippen molar-refractivity contribution >= 4 is 5.91 Å². The Morgan fingerprint density at radius 3 is 2.80 bits per heavy atom. The molecule has 0 saturated carbocycles. The maximum absolute atomic E-state index is 12.3. The Morgan fingerprint density at radius 1 is 1.20 bits per heavy atom. The lowest BCUT2D eigenvalue weighted by atomic mass is 10.1. The number of amides is 1. The summed E-state index contributed by atoms with van der Waals surface area (Å²) >= 11 is 0. The van der Waals surface area contributed by atoms with E-state index in [0.717, 1.165) is 23.3 Å². The van der Waals surface area contributed by atoms with Crippen LogP contribution in [0.25, 0.3) is 0 Å². The van der Waals surface area contributed by atoms with Gasteiger partial charge < -0.3 is 10.1 Å². The molecule has 0 radical (unpaired) electrons. The monoisotopic (exact) mass is 267 g/mol. The molecule has 0 unspecified atom stereocenters. The molecule has 2 aromatic rings. The first-order chi connectivity index (χ1) is 9.74. The lowest BCUT2D eigenvalue weighted by molar-refractivity contribution is 0.0946. The zero-order valence-electron chi connectivity index (χ0n) is 11.4. The van der Waals surface area contributed by atoms with Gasteiger partial charge in [0.05, 0.1) is 5.56 Å². The lowest BCUT2D eigenvalue weighted by Crippen LogP contribution is -2.23. The highest BCUT2D eigenvalue weighted by Crippen LogP contribution is 2.32. The van der Waals surface area contributed by atoms with E-state index in [1.54, 1.807) is 0 Å². The molecule has 0 bridgehead atoms. The Morgan fingerprint density at radius 2 is 2.00 bits per heavy atom. The number of para-hydroxylation sites is 1. The summed E-state index contributed by atoms with van der Waals surface area (Å²) in [4.78, 5) is 12.3. The van der Waals surface area contributed by atoms with Crippen LogP contribution >= 0.6 is 0 Å². The molecule has 3 nitrogen and oxygen atoms in total. The van der Waals surface area contributed by atoms with Crippen LogP contribution in [0.1, 0.15) is 28.4 Å². The largest absolute Gasteiger partial charge is 0.489 e. The summed E-state index contributed by atoms with van der Waals surface area (Å²) < 4.78 is 5.75. The quantitative estimate of drug-likeness (QED) is 0.928. The minimum Gasteiger partial charge on any atom is -0.489 e. The molecule has 0 fully saturated rings. The number of nitrogens with one attached hydrogen (secondary N) is 1. The van der Waals surface area contributed by atoms with E-state index in [1.807, 2.05) is 55.5 Å². The van der Waals surface area contributed by atoms with E-state index in [0.29, 0.717) is 12.1 Å². The van der Waals surface area contributed by atoms with E-state index in [4.69, 9.17) is 4.74 Å². The molecule has 0 saturated heterocycles. The van der Waals surface area contributed by atoms with Gasteiger partial charge in [0.25, 0.3) is 5.91 Å². The van der Waals surface area contributed by atoms with Crippen molar-refractivity contribution in [1.82, 2.24) is 5.32 Å². The zero-order valence-corrected chi connectivity index (χ0v) is 11.4. The van der Waals surface area contributed by atoms with Crippen LogP contribution in [0, 0.1) is 0 Å². The summed E-state index contributed by atoms with van der Waals surface area (Å²) in [5.74, 6) is 0.658. The standard InChI is InChI=1S/C17H17NO2/c1-12-10-14-8-5-9-15(16(14)20-12)17(19)18-11-13-6-3-2-4-7-13/h2-9,12H,10-11H2,1H3,(H,18,19)/t12-/m1/s1. The topological polar surface area (TPSA) is 38.3 Å². The third-order valence-electron chi connectivity index (χ3n) is 3.46. The summed E-state index contributed by atoms with van der Waals surface area (Å²) in [6, 6.07) is 15.6. The van der Waals surface area contributed by atoms with Crippen molar-refractivity contribution in [2.24, 2.45) is 0 Å². The molecule has 20 heavy (non-hydrogen) atoms. The molecular formula is C17H17NO2. The molecular weight excluding hydrogens is 250 g/mol. The second-order valence-electron chi connectivity index (χ2n) is 5.09. The van der Waals surface area contributed by atoms with E-state index in [2.05, 4.69) is 5.32 Å². The van der Waals surface area contributed by atoms with Crippen molar-refractivity contribution in [1.29, 1.82) is 0 Å². The van der Waals surface area contributed by atoms with Crippen molar-refractivity contribution in [2.45, 2.75) is 26.0 Å². The van der Waals surface area contributed by atoms with Crippen LogP contribution in [0.4, 0.5) is 0 Å². The predicted molar refractivity (Wildman–Crippen MR) is 77.8 cm³/mol. The highest BCUT2D eigenvalue weighted by Gasteiger charge is 2.24. The van der Waals surface area contributed by atoms with Crippen LogP contribution < -0.4 is 10.1 Å². The van der Waals surface area contributed by atoms with Gasteiger partial charge in [-0.2, -0.15) is 0 Å². The van der Waals surface area contributed by atoms with E-state index in [9.17, 15) is 4.79 Å². The maximum Gasteiger partial charge on any atom is 0.255 e. The minimum absolute atomic E-state index is 0.0835. The van der Waals surface area contributed by atoms with Gasteiger partial charge in [-0.1, -0.05) is 42.5 Å². The molecule has 0 aliphatic carbocycles. The first kappa shape index (κ1) is 12.7. The van der Waals surface area contributed by atoms with Gasteiger partial charge in [-0.15, -0.1) is 0 Å². The van der Waals surface area contributed by atoms with Crippen LogP contribution in [0.2, 0.25) is 0 Å². The van der Waals surface area contributed by atoms with Crippen molar-refractivity contribution in [3.8, 4) is 5.75 Å². The van der Waals surface area contributed by atoms with E-state index < -0.39 is 0 Å². The third kappa shape index (κ3) is 2.52. The number of hydrogen-bond acceptors (Lipinski definition) is 2. The lowest BCUT2D eigenvalue weighted by Gasteiger charge is -2.10. The summed E-state index contributed by atoms with van der Waals surface area (Å²) in [5, 5.41) is 2.94. The van der Waals surface area contributed by atoms with Crippen LogP contribution in [0.3, 0.4) is 0 Å². The maximum atomic E-state index is 12.3. The number of carbonyl (C=O) groups is 1. The second-order valence-corrected chi connectivity index (χ2v) is 5.09. The van der Waals surface area contributed by atoms with Crippen LogP contribution in [-0.4, -0.2) is 12.0 Å². The first-order valence-electron chi connectivity index (χ1n) is 6.84. The molecule has 1 heterocycles. The van der Waals surface area contributed by atoms with Gasteiger partial charge in [0.2, 0.25) is 0 Å². The number of rotatable bonds is 3. The summed E-state index contributed by atoms with van der Waals surface area (Å²) in [6.07, 6.45) is 1.02. The number of benzene rings is 2. The molecule has 0 aromatic heterocycles. The highest BCUT2D eigenvalue weighted by molar-refractivity contribution is 5.97. The normalized spacial score (nSPS) is 16.4. The Balaban J connectivity index is 1.74. The molecule has 1 amide bonds. The minimum atomic E-state index is -0.0835. The highest BCUT2D eigenvalue weighted by atomic mass is 16.5. The fraction of sp³-hybridized carbons (Fsp3) is 0.235. The molecule has 2 aromatic carbocycles. The van der Waals surface area contributed by atoms with Crippen LogP contribution in [0.15, 0.2) is 48.5 Å². The summed E-state index contributed by atoms with van der Waals surface area (Å²) in [7, 11) is 0. The first-order valence-corrected chi connectivity index (χ1v) is 6.84. The molecule has 3 heteroatoms. The van der Waals surface area contributed by atoms with Crippen molar-refractivity contribution in [2.75, 3.05) is 0 Å². The molecule has 1 aliphatic heterocycles. The summed E-state index contributed by atoms with van der Waals surface area (Å²) in [6.45, 7) is 2.55. The Kier molecular flexibility index (Phi) is 3.42. The number of hydrogen-bond donors (Lipinski definition) is 1. The zero-order chi connectivity index (χ0) is 13.9. The molecule has 3 rings (SSSR count). The van der Waals surface area contributed by atoms with Crippen LogP contribution in [-0.2, 0) is 13.0 Å². The fourth-order valence-electron chi connectivity index (χ4n) is 2.49. The fourth-order valence-corrected chi connectivity index (χ4v) is 2.49. The van der Waals surface area contributed by atoms with Gasteiger partial charge >= 0.3 is 0 Å². The number of fused-ring (bicyclic) bond motifs is 1.